The van der Waals surface area contributed by atoms with E-state index in [0.717, 1.165) is 34.4 Å². The molecule has 22 heavy (non-hydrogen) atoms. The molecule has 2 aromatic carbocycles. The van der Waals surface area contributed by atoms with E-state index in [-0.39, 0.29) is 5.56 Å². The van der Waals surface area contributed by atoms with Gasteiger partial charge in [-0.25, -0.2) is 4.79 Å². The van der Waals surface area contributed by atoms with Crippen LogP contribution in [0.4, 0.5) is 5.69 Å². The number of anilines is 1. The van der Waals surface area contributed by atoms with Gasteiger partial charge in [0.2, 0.25) is 6.41 Å². The summed E-state index contributed by atoms with van der Waals surface area (Å²) in [5.74, 6) is -0.955. The molecule has 0 aliphatic heterocycles. The lowest BCUT2D eigenvalue weighted by molar-refractivity contribution is -0.107. The van der Waals surface area contributed by atoms with Crippen LogP contribution in [0.2, 0.25) is 0 Å². The second-order valence-corrected chi connectivity index (χ2v) is 5.48. The molecule has 0 saturated heterocycles. The summed E-state index contributed by atoms with van der Waals surface area (Å²) < 4.78 is 0. The third-order valence-electron chi connectivity index (χ3n) is 3.60. The van der Waals surface area contributed by atoms with E-state index in [2.05, 4.69) is 0 Å². The minimum absolute atomic E-state index is 0.240. The molecule has 4 nitrogen and oxygen atoms in total. The second-order valence-electron chi connectivity index (χ2n) is 5.48. The highest BCUT2D eigenvalue weighted by atomic mass is 16.4. The van der Waals surface area contributed by atoms with Gasteiger partial charge in [-0.05, 0) is 49.6 Å². The largest absolute Gasteiger partial charge is 0.478 e. The van der Waals surface area contributed by atoms with Crippen molar-refractivity contribution in [3.8, 4) is 0 Å². The Bertz CT molecular complexity index is 682. The second kappa shape index (κ2) is 6.43. The van der Waals surface area contributed by atoms with Crippen molar-refractivity contribution in [1.82, 2.24) is 0 Å². The number of carbonyl (C=O) groups excluding carboxylic acids is 1. The number of carboxylic acids is 1. The normalized spacial score (nSPS) is 10.3. The number of nitrogens with zero attached hydrogens (tertiary/aromatic N) is 1. The topological polar surface area (TPSA) is 57.6 Å². The molecular weight excluding hydrogens is 278 g/mol. The Hall–Kier alpha value is -2.62. The van der Waals surface area contributed by atoms with Gasteiger partial charge in [-0.15, -0.1) is 0 Å². The van der Waals surface area contributed by atoms with Crippen LogP contribution in [-0.2, 0) is 11.3 Å². The Labute approximate surface area is 130 Å². The highest BCUT2D eigenvalue weighted by Gasteiger charge is 2.13. The Morgan fingerprint density at radius 2 is 1.64 bits per heavy atom. The van der Waals surface area contributed by atoms with Crippen LogP contribution in [-0.4, -0.2) is 17.5 Å². The molecule has 0 radical (unpaired) electrons. The van der Waals surface area contributed by atoms with E-state index in [9.17, 15) is 9.59 Å². The van der Waals surface area contributed by atoms with E-state index in [0.29, 0.717) is 6.54 Å². The zero-order valence-corrected chi connectivity index (χ0v) is 13.0. The van der Waals surface area contributed by atoms with Crippen molar-refractivity contribution >= 4 is 18.1 Å². The highest BCUT2D eigenvalue weighted by molar-refractivity contribution is 5.87. The fourth-order valence-corrected chi connectivity index (χ4v) is 2.74. The van der Waals surface area contributed by atoms with Crippen LogP contribution in [0.15, 0.2) is 36.4 Å². The summed E-state index contributed by atoms with van der Waals surface area (Å²) in [6, 6.07) is 10.7. The van der Waals surface area contributed by atoms with Crippen molar-refractivity contribution in [3.05, 3.63) is 64.2 Å². The van der Waals surface area contributed by atoms with Gasteiger partial charge < -0.3 is 10.0 Å². The average Bonchev–Trinajstić information content (AvgIpc) is 2.45. The van der Waals surface area contributed by atoms with E-state index >= 15 is 0 Å². The maximum Gasteiger partial charge on any atom is 0.335 e. The van der Waals surface area contributed by atoms with E-state index in [1.54, 1.807) is 29.2 Å². The standard InChI is InChI=1S/C18H19NO3/c1-12-8-13(2)17(14(3)9-12)19(11-20)10-15-4-6-16(7-5-15)18(21)22/h4-9,11H,10H2,1-3H3,(H,21,22). The number of hydrogen-bond acceptors (Lipinski definition) is 2. The number of carboxylic acid groups (broad SMARTS) is 1. The van der Waals surface area contributed by atoms with Gasteiger partial charge in [0.05, 0.1) is 12.1 Å². The van der Waals surface area contributed by atoms with Gasteiger partial charge in [0.1, 0.15) is 0 Å². The van der Waals surface area contributed by atoms with Crippen molar-refractivity contribution in [1.29, 1.82) is 0 Å². The molecule has 0 heterocycles. The van der Waals surface area contributed by atoms with Gasteiger partial charge in [0, 0.05) is 5.69 Å². The van der Waals surface area contributed by atoms with Gasteiger partial charge >= 0.3 is 5.97 Å². The monoisotopic (exact) mass is 297 g/mol. The maximum atomic E-state index is 11.5. The third-order valence-corrected chi connectivity index (χ3v) is 3.60. The SMILES string of the molecule is Cc1cc(C)c(N(C=O)Cc2ccc(C(=O)O)cc2)c(C)c1. The highest BCUT2D eigenvalue weighted by Crippen LogP contribution is 2.26. The maximum absolute atomic E-state index is 11.5. The minimum atomic E-state index is -0.955. The zero-order chi connectivity index (χ0) is 16.3. The van der Waals surface area contributed by atoms with Crippen LogP contribution in [0.5, 0.6) is 0 Å². The lowest BCUT2D eigenvalue weighted by Crippen LogP contribution is -2.22. The molecule has 0 unspecified atom stereocenters. The predicted molar refractivity (Wildman–Crippen MR) is 86.3 cm³/mol. The molecule has 2 aromatic rings. The van der Waals surface area contributed by atoms with Crippen molar-refractivity contribution < 1.29 is 14.7 Å². The van der Waals surface area contributed by atoms with Crippen LogP contribution in [0.1, 0.15) is 32.6 Å². The zero-order valence-electron chi connectivity index (χ0n) is 13.0. The molecule has 1 N–H and O–H groups in total. The minimum Gasteiger partial charge on any atom is -0.478 e. The van der Waals surface area contributed by atoms with Gasteiger partial charge in [-0.2, -0.15) is 0 Å². The Morgan fingerprint density at radius 3 is 2.09 bits per heavy atom. The summed E-state index contributed by atoms with van der Waals surface area (Å²) in [4.78, 5) is 24.0. The molecule has 0 fully saturated rings. The molecule has 0 aliphatic rings. The fraction of sp³-hybridized carbons (Fsp3) is 0.222. The predicted octanol–water partition coefficient (Wildman–Crippen LogP) is 3.47. The van der Waals surface area contributed by atoms with Gasteiger partial charge in [-0.1, -0.05) is 29.8 Å². The first kappa shape index (κ1) is 15.8. The Kier molecular flexibility index (Phi) is 4.61. The number of rotatable bonds is 5. The summed E-state index contributed by atoms with van der Waals surface area (Å²) >= 11 is 0. The molecule has 0 aliphatic carbocycles. The summed E-state index contributed by atoms with van der Waals surface area (Å²) in [5.41, 5.74) is 5.29. The molecule has 0 bridgehead atoms. The van der Waals surface area contributed by atoms with Crippen molar-refractivity contribution in [2.75, 3.05) is 4.90 Å². The first-order valence-electron chi connectivity index (χ1n) is 7.04. The molecule has 0 spiro atoms. The summed E-state index contributed by atoms with van der Waals surface area (Å²) in [6.45, 7) is 6.41. The first-order valence-corrected chi connectivity index (χ1v) is 7.04. The summed E-state index contributed by atoms with van der Waals surface area (Å²) in [6.07, 6.45) is 0.815. The van der Waals surface area contributed by atoms with Crippen LogP contribution < -0.4 is 4.90 Å². The fourth-order valence-electron chi connectivity index (χ4n) is 2.74. The molecular formula is C18H19NO3. The van der Waals surface area contributed by atoms with Crippen LogP contribution >= 0.6 is 0 Å². The van der Waals surface area contributed by atoms with Crippen LogP contribution in [0, 0.1) is 20.8 Å². The number of aryl methyl sites for hydroxylation is 3. The van der Waals surface area contributed by atoms with E-state index < -0.39 is 5.97 Å². The van der Waals surface area contributed by atoms with E-state index in [1.165, 1.54) is 0 Å². The summed E-state index contributed by atoms with van der Waals surface area (Å²) in [5, 5.41) is 8.91. The average molecular weight is 297 g/mol. The van der Waals surface area contributed by atoms with Crippen LogP contribution in [0.25, 0.3) is 0 Å². The molecule has 0 atom stereocenters. The molecule has 4 heteroatoms. The van der Waals surface area contributed by atoms with E-state index in [4.69, 9.17) is 5.11 Å². The molecule has 1 amide bonds. The smallest absolute Gasteiger partial charge is 0.335 e. The third kappa shape index (κ3) is 3.34. The lowest BCUT2D eigenvalue weighted by Gasteiger charge is -2.22. The number of amides is 1. The quantitative estimate of drug-likeness (QED) is 0.860. The lowest BCUT2D eigenvalue weighted by atomic mass is 10.0. The number of hydrogen-bond donors (Lipinski definition) is 1. The number of carbonyl (C=O) groups is 2. The van der Waals surface area contributed by atoms with Crippen LogP contribution in [0.3, 0.4) is 0 Å². The molecule has 0 aromatic heterocycles. The van der Waals surface area contributed by atoms with Gasteiger partial charge in [0.15, 0.2) is 0 Å². The first-order chi connectivity index (χ1) is 10.4. The van der Waals surface area contributed by atoms with Crippen molar-refractivity contribution in [2.24, 2.45) is 0 Å². The van der Waals surface area contributed by atoms with Gasteiger partial charge in [0.25, 0.3) is 0 Å². The molecule has 2 rings (SSSR count). The molecule has 0 saturated carbocycles. The Morgan fingerprint density at radius 1 is 1.09 bits per heavy atom. The van der Waals surface area contributed by atoms with Crippen molar-refractivity contribution in [3.63, 3.8) is 0 Å². The molecule has 114 valence electrons. The number of benzene rings is 2. The summed E-state index contributed by atoms with van der Waals surface area (Å²) in [7, 11) is 0. The van der Waals surface area contributed by atoms with E-state index in [1.807, 2.05) is 32.9 Å². The Balaban J connectivity index is 2.30. The van der Waals surface area contributed by atoms with Crippen molar-refractivity contribution in [2.45, 2.75) is 27.3 Å². The van der Waals surface area contributed by atoms with Gasteiger partial charge in [-0.3, -0.25) is 4.79 Å². The number of aromatic carboxylic acids is 1.